The van der Waals surface area contributed by atoms with Crippen LogP contribution in [0.2, 0.25) is 5.02 Å². The van der Waals surface area contributed by atoms with E-state index >= 15 is 0 Å². The van der Waals surface area contributed by atoms with Crippen molar-refractivity contribution >= 4 is 24.0 Å². The van der Waals surface area contributed by atoms with E-state index in [2.05, 4.69) is 10.1 Å². The Bertz CT molecular complexity index is 394. The summed E-state index contributed by atoms with van der Waals surface area (Å²) in [6, 6.07) is 4.52. The molecule has 1 saturated heterocycles. The van der Waals surface area contributed by atoms with E-state index in [-0.39, 0.29) is 29.2 Å². The second-order valence-electron chi connectivity index (χ2n) is 3.53. The Hall–Kier alpha value is -0.650. The standard InChI is InChI=1S/C10H9ClF3NO.ClH/c11-7-5-6(8-3-4-15-8)1-2-9(7)16-10(12,13)14;/h1-2,5,8,15H,3-4H2;1H/t8-;/m0./s1. The lowest BCUT2D eigenvalue weighted by atomic mass is 9.98. The highest BCUT2D eigenvalue weighted by molar-refractivity contribution is 6.32. The minimum atomic E-state index is -4.71. The lowest BCUT2D eigenvalue weighted by molar-refractivity contribution is -0.274. The summed E-state index contributed by atoms with van der Waals surface area (Å²) in [5, 5.41) is 3.11. The van der Waals surface area contributed by atoms with E-state index < -0.39 is 6.36 Å². The first kappa shape index (κ1) is 14.4. The molecule has 0 saturated carbocycles. The molecule has 1 heterocycles. The molecule has 1 fully saturated rings. The first-order chi connectivity index (χ1) is 7.46. The van der Waals surface area contributed by atoms with Crippen molar-refractivity contribution in [1.82, 2.24) is 5.32 Å². The SMILES string of the molecule is Cl.FC(F)(F)Oc1ccc([C@@H]2CCN2)cc1Cl. The molecule has 1 N–H and O–H groups in total. The quantitative estimate of drug-likeness (QED) is 0.896. The summed E-state index contributed by atoms with van der Waals surface area (Å²) in [4.78, 5) is 0. The Kier molecular flexibility index (Phi) is 4.52. The first-order valence-electron chi connectivity index (χ1n) is 4.74. The number of nitrogens with one attached hydrogen (secondary N) is 1. The summed E-state index contributed by atoms with van der Waals surface area (Å²) in [5.74, 6) is -0.364. The van der Waals surface area contributed by atoms with Crippen LogP contribution in [0.25, 0.3) is 0 Å². The number of alkyl halides is 3. The van der Waals surface area contributed by atoms with Crippen molar-refractivity contribution in [3.63, 3.8) is 0 Å². The van der Waals surface area contributed by atoms with Gasteiger partial charge < -0.3 is 10.1 Å². The van der Waals surface area contributed by atoms with Crippen LogP contribution in [0.3, 0.4) is 0 Å². The average molecular weight is 288 g/mol. The molecule has 2 rings (SSSR count). The van der Waals surface area contributed by atoms with Crippen LogP contribution in [-0.4, -0.2) is 12.9 Å². The summed E-state index contributed by atoms with van der Waals surface area (Å²) in [7, 11) is 0. The molecule has 7 heteroatoms. The number of ether oxygens (including phenoxy) is 1. The van der Waals surface area contributed by atoms with Crippen LogP contribution in [0.5, 0.6) is 5.75 Å². The van der Waals surface area contributed by atoms with Gasteiger partial charge in [0, 0.05) is 6.04 Å². The Labute approximate surface area is 108 Å². The zero-order chi connectivity index (χ0) is 11.8. The van der Waals surface area contributed by atoms with Crippen molar-refractivity contribution in [1.29, 1.82) is 0 Å². The molecule has 0 amide bonds. The maximum Gasteiger partial charge on any atom is 0.573 e. The van der Waals surface area contributed by atoms with Gasteiger partial charge in [0.2, 0.25) is 0 Å². The number of hydrogen-bond donors (Lipinski definition) is 1. The molecular weight excluding hydrogens is 278 g/mol. The van der Waals surface area contributed by atoms with Crippen molar-refractivity contribution in [3.05, 3.63) is 28.8 Å². The third-order valence-electron chi connectivity index (χ3n) is 2.41. The molecule has 1 aliphatic rings. The van der Waals surface area contributed by atoms with Crippen LogP contribution in [-0.2, 0) is 0 Å². The second-order valence-corrected chi connectivity index (χ2v) is 3.94. The molecular formula is C10H10Cl2F3NO. The summed E-state index contributed by atoms with van der Waals surface area (Å²) < 4.78 is 39.7. The van der Waals surface area contributed by atoms with Gasteiger partial charge in [0.15, 0.2) is 0 Å². The Morgan fingerprint density at radius 2 is 2.00 bits per heavy atom. The van der Waals surface area contributed by atoms with E-state index in [0.29, 0.717) is 0 Å². The van der Waals surface area contributed by atoms with Crippen molar-refractivity contribution < 1.29 is 17.9 Å². The molecule has 0 unspecified atom stereocenters. The molecule has 0 radical (unpaired) electrons. The van der Waals surface area contributed by atoms with Crippen LogP contribution in [0.15, 0.2) is 18.2 Å². The number of rotatable bonds is 2. The largest absolute Gasteiger partial charge is 0.573 e. The predicted octanol–water partition coefficient (Wildman–Crippen LogP) is 3.69. The van der Waals surface area contributed by atoms with Gasteiger partial charge in [-0.05, 0) is 30.7 Å². The molecule has 96 valence electrons. The fourth-order valence-electron chi connectivity index (χ4n) is 1.51. The van der Waals surface area contributed by atoms with Crippen LogP contribution >= 0.6 is 24.0 Å². The van der Waals surface area contributed by atoms with E-state index in [1.807, 2.05) is 0 Å². The minimum absolute atomic E-state index is 0. The zero-order valence-corrected chi connectivity index (χ0v) is 10.1. The molecule has 0 aliphatic carbocycles. The third kappa shape index (κ3) is 3.66. The van der Waals surface area contributed by atoms with E-state index in [9.17, 15) is 13.2 Å². The molecule has 17 heavy (non-hydrogen) atoms. The summed E-state index contributed by atoms with van der Waals surface area (Å²) in [6.07, 6.45) is -3.74. The number of halogens is 5. The van der Waals surface area contributed by atoms with Gasteiger partial charge in [-0.15, -0.1) is 25.6 Å². The molecule has 1 aliphatic heterocycles. The Morgan fingerprint density at radius 3 is 2.41 bits per heavy atom. The van der Waals surface area contributed by atoms with Crippen LogP contribution in [0, 0.1) is 0 Å². The fraction of sp³-hybridized carbons (Fsp3) is 0.400. The molecule has 0 spiro atoms. The first-order valence-corrected chi connectivity index (χ1v) is 5.12. The van der Waals surface area contributed by atoms with Gasteiger partial charge >= 0.3 is 6.36 Å². The molecule has 0 bridgehead atoms. The zero-order valence-electron chi connectivity index (χ0n) is 8.55. The van der Waals surface area contributed by atoms with Gasteiger partial charge in [-0.3, -0.25) is 0 Å². The smallest absolute Gasteiger partial charge is 0.404 e. The lowest BCUT2D eigenvalue weighted by Gasteiger charge is -2.28. The maximum atomic E-state index is 12.0. The molecule has 0 aromatic heterocycles. The molecule has 1 aromatic rings. The van der Waals surface area contributed by atoms with Gasteiger partial charge in [0.05, 0.1) is 5.02 Å². The average Bonchev–Trinajstić information content (AvgIpc) is 2.04. The van der Waals surface area contributed by atoms with Gasteiger partial charge in [0.25, 0.3) is 0 Å². The summed E-state index contributed by atoms with van der Waals surface area (Å²) in [5.41, 5.74) is 0.880. The van der Waals surface area contributed by atoms with Crippen molar-refractivity contribution in [3.8, 4) is 5.75 Å². The van der Waals surface area contributed by atoms with Crippen LogP contribution in [0.4, 0.5) is 13.2 Å². The van der Waals surface area contributed by atoms with Crippen LogP contribution < -0.4 is 10.1 Å². The fourth-order valence-corrected chi connectivity index (χ4v) is 1.74. The molecule has 2 nitrogen and oxygen atoms in total. The molecule has 1 aromatic carbocycles. The van der Waals surface area contributed by atoms with Gasteiger partial charge in [-0.25, -0.2) is 0 Å². The van der Waals surface area contributed by atoms with E-state index in [1.54, 1.807) is 6.07 Å². The topological polar surface area (TPSA) is 21.3 Å². The Morgan fingerprint density at radius 1 is 1.35 bits per heavy atom. The van der Waals surface area contributed by atoms with E-state index in [1.165, 1.54) is 12.1 Å². The van der Waals surface area contributed by atoms with Gasteiger partial charge in [0.1, 0.15) is 5.75 Å². The van der Waals surface area contributed by atoms with Gasteiger partial charge in [-0.2, -0.15) is 0 Å². The second kappa shape index (κ2) is 5.33. The lowest BCUT2D eigenvalue weighted by Crippen LogP contribution is -2.34. The van der Waals surface area contributed by atoms with E-state index in [0.717, 1.165) is 18.5 Å². The van der Waals surface area contributed by atoms with E-state index in [4.69, 9.17) is 11.6 Å². The van der Waals surface area contributed by atoms with Gasteiger partial charge in [-0.1, -0.05) is 17.7 Å². The highest BCUT2D eigenvalue weighted by atomic mass is 35.5. The van der Waals surface area contributed by atoms with Crippen molar-refractivity contribution in [2.75, 3.05) is 6.54 Å². The minimum Gasteiger partial charge on any atom is -0.404 e. The van der Waals surface area contributed by atoms with Crippen molar-refractivity contribution in [2.24, 2.45) is 0 Å². The summed E-state index contributed by atoms with van der Waals surface area (Å²) >= 11 is 5.71. The number of hydrogen-bond acceptors (Lipinski definition) is 2. The van der Waals surface area contributed by atoms with Crippen molar-refractivity contribution in [2.45, 2.75) is 18.8 Å². The Balaban J connectivity index is 0.00000144. The number of benzene rings is 1. The van der Waals surface area contributed by atoms with Crippen LogP contribution in [0.1, 0.15) is 18.0 Å². The monoisotopic (exact) mass is 287 g/mol. The highest BCUT2D eigenvalue weighted by Crippen LogP contribution is 2.33. The molecule has 1 atom stereocenters. The maximum absolute atomic E-state index is 12.0. The highest BCUT2D eigenvalue weighted by Gasteiger charge is 2.32. The normalized spacial score (nSPS) is 19.2. The predicted molar refractivity (Wildman–Crippen MR) is 60.7 cm³/mol. The summed E-state index contributed by atoms with van der Waals surface area (Å²) in [6.45, 7) is 0.920. The third-order valence-corrected chi connectivity index (χ3v) is 2.70.